The van der Waals surface area contributed by atoms with Gasteiger partial charge in [-0.2, -0.15) is 5.10 Å². The molecule has 4 heterocycles. The molecule has 22 heavy (non-hydrogen) atoms. The van der Waals surface area contributed by atoms with Crippen molar-refractivity contribution in [1.82, 2.24) is 20.2 Å². The second-order valence-electron chi connectivity index (χ2n) is 5.16. The molecule has 0 spiro atoms. The van der Waals surface area contributed by atoms with Gasteiger partial charge in [0.15, 0.2) is 0 Å². The summed E-state index contributed by atoms with van der Waals surface area (Å²) in [6, 6.07) is 1.80. The fourth-order valence-corrected chi connectivity index (χ4v) is 3.57. The quantitative estimate of drug-likeness (QED) is 0.772. The number of carbonyl (C=O) groups excluding carboxylic acids is 1. The van der Waals surface area contributed by atoms with Crippen LogP contribution in [0.25, 0.3) is 10.2 Å². The maximum atomic E-state index is 12.5. The van der Waals surface area contributed by atoms with Crippen LogP contribution in [0.1, 0.15) is 12.8 Å². The molecule has 2 N–H and O–H groups in total. The molecule has 0 unspecified atom stereocenters. The summed E-state index contributed by atoms with van der Waals surface area (Å²) in [5.74, 6) is 0.817. The molecule has 112 valence electrons. The topological polar surface area (TPSA) is 86.8 Å². The molecule has 1 aliphatic rings. The number of amides is 1. The van der Waals surface area contributed by atoms with E-state index in [1.165, 1.54) is 0 Å². The van der Waals surface area contributed by atoms with Gasteiger partial charge in [0.05, 0.1) is 17.3 Å². The molecule has 4 rings (SSSR count). The summed E-state index contributed by atoms with van der Waals surface area (Å²) in [5, 5.41) is 12.4. The van der Waals surface area contributed by atoms with E-state index in [2.05, 4.69) is 30.4 Å². The predicted octanol–water partition coefficient (Wildman–Crippen LogP) is 2.02. The first kappa shape index (κ1) is 13.2. The lowest BCUT2D eigenvalue weighted by Crippen LogP contribution is -2.40. The van der Waals surface area contributed by atoms with Gasteiger partial charge in [0.25, 0.3) is 0 Å². The van der Waals surface area contributed by atoms with Crippen molar-refractivity contribution in [2.75, 3.05) is 16.8 Å². The average molecular weight is 314 g/mol. The lowest BCUT2D eigenvalue weighted by molar-refractivity contribution is -0.117. The van der Waals surface area contributed by atoms with E-state index in [9.17, 15) is 4.79 Å². The van der Waals surface area contributed by atoms with Gasteiger partial charge in [-0.3, -0.25) is 9.89 Å². The molecule has 7 nitrogen and oxygen atoms in total. The molecule has 0 radical (unpaired) electrons. The van der Waals surface area contributed by atoms with Crippen LogP contribution in [-0.2, 0) is 4.79 Å². The van der Waals surface area contributed by atoms with Crippen LogP contribution in [0, 0.1) is 0 Å². The third-order valence-electron chi connectivity index (χ3n) is 3.83. The minimum atomic E-state index is -0.215. The average Bonchev–Trinajstić information content (AvgIpc) is 3.27. The van der Waals surface area contributed by atoms with Crippen molar-refractivity contribution in [2.24, 2.45) is 0 Å². The van der Waals surface area contributed by atoms with Crippen molar-refractivity contribution in [3.63, 3.8) is 0 Å². The molecule has 3 aromatic heterocycles. The molecule has 1 aliphatic heterocycles. The van der Waals surface area contributed by atoms with Gasteiger partial charge >= 0.3 is 0 Å². The molecule has 0 aromatic carbocycles. The van der Waals surface area contributed by atoms with Crippen LogP contribution in [0.2, 0.25) is 0 Å². The third kappa shape index (κ3) is 2.21. The maximum Gasteiger partial charge on any atom is 0.247 e. The van der Waals surface area contributed by atoms with Crippen LogP contribution in [-0.4, -0.2) is 38.7 Å². The van der Waals surface area contributed by atoms with E-state index in [0.29, 0.717) is 5.69 Å². The van der Waals surface area contributed by atoms with Gasteiger partial charge in [-0.05, 0) is 24.3 Å². The van der Waals surface area contributed by atoms with Crippen molar-refractivity contribution in [1.29, 1.82) is 0 Å². The third-order valence-corrected chi connectivity index (χ3v) is 4.65. The van der Waals surface area contributed by atoms with Gasteiger partial charge in [0.2, 0.25) is 5.91 Å². The number of aromatic amines is 1. The highest BCUT2D eigenvalue weighted by atomic mass is 32.1. The van der Waals surface area contributed by atoms with Crippen LogP contribution in [0.15, 0.2) is 30.2 Å². The number of anilines is 2. The number of aromatic nitrogens is 4. The lowest BCUT2D eigenvalue weighted by atomic mass is 10.2. The maximum absolute atomic E-state index is 12.5. The Kier molecular flexibility index (Phi) is 3.23. The molecule has 1 fully saturated rings. The predicted molar refractivity (Wildman–Crippen MR) is 85.0 cm³/mol. The Morgan fingerprint density at radius 2 is 2.41 bits per heavy atom. The van der Waals surface area contributed by atoms with Crippen LogP contribution < -0.4 is 10.2 Å². The summed E-state index contributed by atoms with van der Waals surface area (Å²) >= 11 is 1.58. The number of hydrogen-bond acceptors (Lipinski definition) is 6. The van der Waals surface area contributed by atoms with Crippen molar-refractivity contribution < 1.29 is 4.79 Å². The number of rotatable bonds is 3. The molecule has 0 aliphatic carbocycles. The van der Waals surface area contributed by atoms with E-state index in [4.69, 9.17) is 0 Å². The number of nitrogens with zero attached hydrogens (tertiary/aromatic N) is 4. The summed E-state index contributed by atoms with van der Waals surface area (Å²) < 4.78 is 0. The van der Waals surface area contributed by atoms with Crippen molar-refractivity contribution in [2.45, 2.75) is 18.9 Å². The van der Waals surface area contributed by atoms with E-state index in [0.717, 1.165) is 35.4 Å². The van der Waals surface area contributed by atoms with E-state index < -0.39 is 0 Å². The molecule has 1 atom stereocenters. The van der Waals surface area contributed by atoms with Crippen LogP contribution in [0.4, 0.5) is 11.5 Å². The zero-order valence-corrected chi connectivity index (χ0v) is 12.5. The van der Waals surface area contributed by atoms with Crippen LogP contribution in [0.5, 0.6) is 0 Å². The van der Waals surface area contributed by atoms with Gasteiger partial charge in [0.1, 0.15) is 23.0 Å². The number of fused-ring (bicyclic) bond motifs is 1. The Hall–Kier alpha value is -2.48. The normalized spacial score (nSPS) is 18.0. The molecule has 0 saturated carbocycles. The molecule has 0 bridgehead atoms. The summed E-state index contributed by atoms with van der Waals surface area (Å²) in [7, 11) is 0. The number of thiophene rings is 1. The molecular weight excluding hydrogens is 300 g/mol. The number of carbonyl (C=O) groups is 1. The Morgan fingerprint density at radius 1 is 1.45 bits per heavy atom. The Bertz CT molecular complexity index is 799. The molecule has 1 saturated heterocycles. The molecule has 3 aromatic rings. The smallest absolute Gasteiger partial charge is 0.247 e. The largest absolute Gasteiger partial charge is 0.344 e. The summed E-state index contributed by atoms with van der Waals surface area (Å²) in [4.78, 5) is 24.2. The number of H-pyrrole nitrogens is 1. The lowest BCUT2D eigenvalue weighted by Gasteiger charge is -2.25. The Morgan fingerprint density at radius 3 is 3.27 bits per heavy atom. The van der Waals surface area contributed by atoms with E-state index in [1.54, 1.807) is 30.1 Å². The first-order valence-electron chi connectivity index (χ1n) is 7.07. The second-order valence-corrected chi connectivity index (χ2v) is 6.06. The first-order valence-corrected chi connectivity index (χ1v) is 7.95. The monoisotopic (exact) mass is 314 g/mol. The fourth-order valence-electron chi connectivity index (χ4n) is 2.84. The summed E-state index contributed by atoms with van der Waals surface area (Å²) in [5.41, 5.74) is 0.681. The minimum absolute atomic E-state index is 0.0270. The number of nitrogens with one attached hydrogen (secondary N) is 2. The van der Waals surface area contributed by atoms with Crippen molar-refractivity contribution >= 4 is 39.0 Å². The summed E-state index contributed by atoms with van der Waals surface area (Å²) in [6.07, 6.45) is 6.62. The first-order chi connectivity index (χ1) is 10.8. The van der Waals surface area contributed by atoms with Crippen LogP contribution in [0.3, 0.4) is 0 Å². The van der Waals surface area contributed by atoms with Gasteiger partial charge in [-0.1, -0.05) is 0 Å². The SMILES string of the molecule is O=C(Nc1cn[nH]c1)[C@H]1CCCN1c1ncnc2sccc12. The van der Waals surface area contributed by atoms with Gasteiger partial charge in [-0.15, -0.1) is 11.3 Å². The second kappa shape index (κ2) is 5.38. The van der Waals surface area contributed by atoms with E-state index in [-0.39, 0.29) is 11.9 Å². The Balaban J connectivity index is 1.63. The Labute approximate surface area is 130 Å². The van der Waals surface area contributed by atoms with Crippen molar-refractivity contribution in [3.05, 3.63) is 30.2 Å². The molecule has 1 amide bonds. The molecular formula is C14H14N6OS. The van der Waals surface area contributed by atoms with Gasteiger partial charge in [0, 0.05) is 12.7 Å². The van der Waals surface area contributed by atoms with Gasteiger partial charge in [-0.25, -0.2) is 9.97 Å². The minimum Gasteiger partial charge on any atom is -0.344 e. The van der Waals surface area contributed by atoms with E-state index in [1.807, 2.05) is 11.4 Å². The fraction of sp³-hybridized carbons (Fsp3) is 0.286. The zero-order valence-electron chi connectivity index (χ0n) is 11.7. The highest BCUT2D eigenvalue weighted by Crippen LogP contribution is 2.32. The van der Waals surface area contributed by atoms with Gasteiger partial charge < -0.3 is 10.2 Å². The standard InChI is InChI=1S/C14H14N6OS/c21-13(19-9-6-17-18-7-9)11-2-1-4-20(11)12-10-3-5-22-14(10)16-8-15-12/h3,5-8,11H,1-2,4H2,(H,17,18)(H,19,21)/t11-/m1/s1. The molecule has 8 heteroatoms. The van der Waals surface area contributed by atoms with Crippen LogP contribution >= 0.6 is 11.3 Å². The summed E-state index contributed by atoms with van der Waals surface area (Å²) in [6.45, 7) is 0.825. The van der Waals surface area contributed by atoms with Crippen molar-refractivity contribution in [3.8, 4) is 0 Å². The number of hydrogen-bond donors (Lipinski definition) is 2. The highest BCUT2D eigenvalue weighted by Gasteiger charge is 2.32. The van der Waals surface area contributed by atoms with E-state index >= 15 is 0 Å². The highest BCUT2D eigenvalue weighted by molar-refractivity contribution is 7.16. The zero-order chi connectivity index (χ0) is 14.9.